The summed E-state index contributed by atoms with van der Waals surface area (Å²) in [5, 5.41) is 10.1. The number of fused-ring (bicyclic) bond motifs is 1. The van der Waals surface area contributed by atoms with Crippen LogP contribution < -0.4 is 19.6 Å². The maximum Gasteiger partial charge on any atom is 0.338 e. The van der Waals surface area contributed by atoms with Gasteiger partial charge in [-0.1, -0.05) is 41.7 Å². The van der Waals surface area contributed by atoms with Gasteiger partial charge in [0.2, 0.25) is 0 Å². The molecule has 1 aliphatic rings. The van der Waals surface area contributed by atoms with Crippen molar-refractivity contribution in [2.75, 3.05) is 13.7 Å². The number of methoxy groups -OCH3 is 1. The highest BCUT2D eigenvalue weighted by atomic mass is 127. The molecule has 170 valence electrons. The van der Waals surface area contributed by atoms with Crippen molar-refractivity contribution in [1.29, 1.82) is 0 Å². The number of aromatic hydroxyl groups is 1. The first-order chi connectivity index (χ1) is 15.8. The second kappa shape index (κ2) is 9.52. The molecule has 1 N–H and O–H groups in total. The summed E-state index contributed by atoms with van der Waals surface area (Å²) in [5.74, 6) is -0.112. The van der Waals surface area contributed by atoms with Crippen molar-refractivity contribution < 1.29 is 19.4 Å². The molecule has 1 atom stereocenters. The van der Waals surface area contributed by atoms with E-state index in [4.69, 9.17) is 9.47 Å². The van der Waals surface area contributed by atoms with Crippen LogP contribution in [0.5, 0.6) is 11.5 Å². The standard InChI is InChI=1S/C24H21IN2O5S/c1-4-32-23(30)19-13(2)26-24-27(20(19)15-8-6-5-7-9-15)22(29)18(33-24)12-14-10-16(25)21(28)17(11-14)31-3/h5-12,20,28H,4H2,1-3H3/b18-12-. The molecule has 3 aromatic rings. The average molecular weight is 576 g/mol. The summed E-state index contributed by atoms with van der Waals surface area (Å²) in [6, 6.07) is 12.2. The molecule has 9 heteroatoms. The largest absolute Gasteiger partial charge is 0.504 e. The topological polar surface area (TPSA) is 90.1 Å². The normalized spacial score (nSPS) is 15.8. The first-order valence-corrected chi connectivity index (χ1v) is 12.1. The number of halogens is 1. The van der Waals surface area contributed by atoms with Crippen molar-refractivity contribution in [2.45, 2.75) is 19.9 Å². The highest BCUT2D eigenvalue weighted by Crippen LogP contribution is 2.33. The van der Waals surface area contributed by atoms with Crippen LogP contribution in [0.4, 0.5) is 0 Å². The Labute approximate surface area is 207 Å². The number of carbonyl (C=O) groups excluding carboxylic acids is 1. The van der Waals surface area contributed by atoms with Crippen LogP contribution in [0.2, 0.25) is 0 Å². The van der Waals surface area contributed by atoms with E-state index < -0.39 is 12.0 Å². The smallest absolute Gasteiger partial charge is 0.338 e. The van der Waals surface area contributed by atoms with Gasteiger partial charge in [-0.15, -0.1) is 0 Å². The summed E-state index contributed by atoms with van der Waals surface area (Å²) < 4.78 is 13.1. The van der Waals surface area contributed by atoms with Gasteiger partial charge in [0, 0.05) is 0 Å². The van der Waals surface area contributed by atoms with Crippen molar-refractivity contribution in [3.8, 4) is 11.5 Å². The van der Waals surface area contributed by atoms with Crippen molar-refractivity contribution >= 4 is 46.0 Å². The van der Waals surface area contributed by atoms with Gasteiger partial charge >= 0.3 is 5.97 Å². The molecule has 0 radical (unpaired) electrons. The van der Waals surface area contributed by atoms with Gasteiger partial charge in [-0.25, -0.2) is 9.79 Å². The van der Waals surface area contributed by atoms with Gasteiger partial charge in [0.25, 0.3) is 5.56 Å². The number of allylic oxidation sites excluding steroid dienone is 1. The van der Waals surface area contributed by atoms with Gasteiger partial charge < -0.3 is 14.6 Å². The van der Waals surface area contributed by atoms with Crippen LogP contribution >= 0.6 is 33.9 Å². The zero-order valence-electron chi connectivity index (χ0n) is 18.2. The minimum Gasteiger partial charge on any atom is -0.504 e. The average Bonchev–Trinajstić information content (AvgIpc) is 3.10. The number of hydrogen-bond acceptors (Lipinski definition) is 7. The number of thiazole rings is 1. The fourth-order valence-corrected chi connectivity index (χ4v) is 5.40. The van der Waals surface area contributed by atoms with Gasteiger partial charge in [0.1, 0.15) is 0 Å². The van der Waals surface area contributed by atoms with Gasteiger partial charge in [-0.3, -0.25) is 9.36 Å². The summed E-state index contributed by atoms with van der Waals surface area (Å²) in [7, 11) is 1.47. The van der Waals surface area contributed by atoms with Crippen LogP contribution in [0.1, 0.15) is 31.0 Å². The lowest BCUT2D eigenvalue weighted by Gasteiger charge is -2.24. The summed E-state index contributed by atoms with van der Waals surface area (Å²) in [4.78, 5) is 31.5. The van der Waals surface area contributed by atoms with Gasteiger partial charge in [-0.2, -0.15) is 0 Å². The molecule has 0 saturated heterocycles. The van der Waals surface area contributed by atoms with Crippen LogP contribution in [0.15, 0.2) is 63.5 Å². The SMILES string of the molecule is CCOC(=O)C1=C(C)N=c2s/c(=C\c3cc(I)c(O)c(OC)c3)c(=O)n2C1c1ccccc1. The molecule has 7 nitrogen and oxygen atoms in total. The number of rotatable bonds is 5. The highest BCUT2D eigenvalue weighted by molar-refractivity contribution is 14.1. The predicted octanol–water partition coefficient (Wildman–Crippen LogP) is 3.12. The number of benzene rings is 2. The zero-order chi connectivity index (χ0) is 23.7. The number of phenolic OH excluding ortho intramolecular Hbond substituents is 1. The highest BCUT2D eigenvalue weighted by Gasteiger charge is 2.33. The molecule has 2 heterocycles. The molecule has 0 aliphatic carbocycles. The van der Waals surface area contributed by atoms with Crippen LogP contribution in [0, 0.1) is 3.57 Å². The van der Waals surface area contributed by atoms with E-state index in [9.17, 15) is 14.7 Å². The molecule has 0 fully saturated rings. The Morgan fingerprint density at radius 3 is 2.70 bits per heavy atom. The van der Waals surface area contributed by atoms with Crippen molar-refractivity contribution in [3.63, 3.8) is 0 Å². The molecule has 4 rings (SSSR count). The Balaban J connectivity index is 1.95. The van der Waals surface area contributed by atoms with E-state index in [1.165, 1.54) is 18.4 Å². The third kappa shape index (κ3) is 4.34. The molecular weight excluding hydrogens is 555 g/mol. The Kier molecular flexibility index (Phi) is 6.71. The number of hydrogen-bond donors (Lipinski definition) is 1. The maximum absolute atomic E-state index is 13.6. The summed E-state index contributed by atoms with van der Waals surface area (Å²) >= 11 is 3.26. The predicted molar refractivity (Wildman–Crippen MR) is 134 cm³/mol. The summed E-state index contributed by atoms with van der Waals surface area (Å²) in [6.07, 6.45) is 1.74. The summed E-state index contributed by atoms with van der Waals surface area (Å²) in [6.45, 7) is 3.73. The van der Waals surface area contributed by atoms with E-state index in [0.717, 1.165) is 5.56 Å². The monoisotopic (exact) mass is 576 g/mol. The summed E-state index contributed by atoms with van der Waals surface area (Å²) in [5.41, 5.74) is 2.11. The molecule has 33 heavy (non-hydrogen) atoms. The minimum absolute atomic E-state index is 0.0514. The van der Waals surface area contributed by atoms with Crippen molar-refractivity contribution in [3.05, 3.63) is 88.1 Å². The van der Waals surface area contributed by atoms with E-state index in [0.29, 0.717) is 35.5 Å². The van der Waals surface area contributed by atoms with Crippen LogP contribution in [0.25, 0.3) is 6.08 Å². The number of esters is 1. The number of phenols is 1. The van der Waals surface area contributed by atoms with Crippen LogP contribution in [-0.2, 0) is 9.53 Å². The lowest BCUT2D eigenvalue weighted by Crippen LogP contribution is -2.39. The molecule has 0 saturated carbocycles. The number of aromatic nitrogens is 1. The van der Waals surface area contributed by atoms with E-state index in [1.807, 2.05) is 52.9 Å². The lowest BCUT2D eigenvalue weighted by atomic mass is 9.96. The van der Waals surface area contributed by atoms with Gasteiger partial charge in [0.05, 0.1) is 39.1 Å². The molecule has 1 aromatic heterocycles. The van der Waals surface area contributed by atoms with E-state index in [-0.39, 0.29) is 17.9 Å². The molecule has 1 aliphatic heterocycles. The van der Waals surface area contributed by atoms with E-state index >= 15 is 0 Å². The van der Waals surface area contributed by atoms with Gasteiger partial charge in [0.15, 0.2) is 16.3 Å². The van der Waals surface area contributed by atoms with E-state index in [1.54, 1.807) is 36.6 Å². The second-order valence-electron chi connectivity index (χ2n) is 7.27. The molecule has 0 bridgehead atoms. The molecule has 0 spiro atoms. The molecule has 0 amide bonds. The van der Waals surface area contributed by atoms with E-state index in [2.05, 4.69) is 4.99 Å². The fourth-order valence-electron chi connectivity index (χ4n) is 3.73. The maximum atomic E-state index is 13.6. The quantitative estimate of drug-likeness (QED) is 0.373. The van der Waals surface area contributed by atoms with Crippen LogP contribution in [0.3, 0.4) is 0 Å². The first kappa shape index (κ1) is 23.2. The number of ether oxygens (including phenoxy) is 2. The van der Waals surface area contributed by atoms with Gasteiger partial charge in [-0.05, 0) is 65.8 Å². The zero-order valence-corrected chi connectivity index (χ0v) is 21.1. The number of carbonyl (C=O) groups is 1. The van der Waals surface area contributed by atoms with Crippen molar-refractivity contribution in [1.82, 2.24) is 4.57 Å². The third-order valence-electron chi connectivity index (χ3n) is 5.20. The Morgan fingerprint density at radius 2 is 2.03 bits per heavy atom. The Bertz CT molecular complexity index is 1440. The lowest BCUT2D eigenvalue weighted by molar-refractivity contribution is -0.139. The molecule has 2 aromatic carbocycles. The number of nitrogens with zero attached hydrogens (tertiary/aromatic N) is 2. The Hall–Kier alpha value is -2.92. The minimum atomic E-state index is -0.641. The third-order valence-corrected chi connectivity index (χ3v) is 7.01. The molecule has 1 unspecified atom stereocenters. The molecular formula is C24H21IN2O5S. The Morgan fingerprint density at radius 1 is 1.30 bits per heavy atom. The fraction of sp³-hybridized carbons (Fsp3) is 0.208. The van der Waals surface area contributed by atoms with Crippen molar-refractivity contribution in [2.24, 2.45) is 4.99 Å². The first-order valence-electron chi connectivity index (χ1n) is 10.2. The van der Waals surface area contributed by atoms with Crippen LogP contribution in [-0.4, -0.2) is 29.4 Å². The second-order valence-corrected chi connectivity index (χ2v) is 9.44.